The summed E-state index contributed by atoms with van der Waals surface area (Å²) in [6.07, 6.45) is 3.22. The molecule has 0 spiro atoms. The molecule has 0 aliphatic heterocycles. The van der Waals surface area contributed by atoms with Crippen molar-refractivity contribution in [1.82, 2.24) is 0 Å². The van der Waals surface area contributed by atoms with Gasteiger partial charge in [-0.3, -0.25) is 9.59 Å². The number of fused-ring (bicyclic) bond motifs is 2. The van der Waals surface area contributed by atoms with Gasteiger partial charge in [-0.25, -0.2) is 0 Å². The first-order chi connectivity index (χ1) is 13.1. The SMILES string of the molecule is Cc1cccc2c(=O)c3ccc(NC(=O)/C=C/c4ccccc4)cc3oc12. The molecule has 0 atom stereocenters. The van der Waals surface area contributed by atoms with Crippen LogP contribution in [0.2, 0.25) is 0 Å². The lowest BCUT2D eigenvalue weighted by Crippen LogP contribution is -2.08. The van der Waals surface area contributed by atoms with Crippen LogP contribution in [0.15, 0.2) is 82.0 Å². The van der Waals surface area contributed by atoms with Crippen LogP contribution in [0.3, 0.4) is 0 Å². The lowest BCUT2D eigenvalue weighted by Gasteiger charge is -2.06. The predicted molar refractivity (Wildman–Crippen MR) is 109 cm³/mol. The standard InChI is InChI=1S/C23H17NO3/c1-15-6-5-9-19-22(26)18-12-11-17(14-20(18)27-23(15)19)24-21(25)13-10-16-7-3-2-4-8-16/h2-14H,1H3,(H,24,25)/b13-10+. The number of benzene rings is 3. The molecule has 4 aromatic rings. The van der Waals surface area contributed by atoms with Crippen LogP contribution in [0.4, 0.5) is 5.69 Å². The van der Waals surface area contributed by atoms with Crippen LogP contribution in [0, 0.1) is 6.92 Å². The highest BCUT2D eigenvalue weighted by Crippen LogP contribution is 2.23. The zero-order valence-electron chi connectivity index (χ0n) is 14.7. The molecular formula is C23H17NO3. The minimum Gasteiger partial charge on any atom is -0.455 e. The Bertz CT molecular complexity index is 1240. The number of para-hydroxylation sites is 1. The molecule has 1 aromatic heterocycles. The van der Waals surface area contributed by atoms with Gasteiger partial charge in [-0.2, -0.15) is 0 Å². The average molecular weight is 355 g/mol. The average Bonchev–Trinajstić information content (AvgIpc) is 2.68. The van der Waals surface area contributed by atoms with E-state index in [0.29, 0.717) is 27.6 Å². The van der Waals surface area contributed by atoms with E-state index >= 15 is 0 Å². The van der Waals surface area contributed by atoms with Crippen molar-refractivity contribution in [1.29, 1.82) is 0 Å². The van der Waals surface area contributed by atoms with Crippen molar-refractivity contribution < 1.29 is 9.21 Å². The van der Waals surface area contributed by atoms with Gasteiger partial charge >= 0.3 is 0 Å². The monoisotopic (exact) mass is 355 g/mol. The van der Waals surface area contributed by atoms with E-state index in [-0.39, 0.29) is 11.3 Å². The second-order valence-corrected chi connectivity index (χ2v) is 6.33. The Morgan fingerprint density at radius 2 is 1.78 bits per heavy atom. The Morgan fingerprint density at radius 3 is 2.59 bits per heavy atom. The van der Waals surface area contributed by atoms with Crippen LogP contribution in [0.5, 0.6) is 0 Å². The summed E-state index contributed by atoms with van der Waals surface area (Å²) in [5.74, 6) is -0.252. The highest BCUT2D eigenvalue weighted by atomic mass is 16.3. The molecule has 0 aliphatic carbocycles. The molecule has 0 saturated heterocycles. The van der Waals surface area contributed by atoms with E-state index in [1.807, 2.05) is 49.4 Å². The highest BCUT2D eigenvalue weighted by molar-refractivity contribution is 6.03. The Kier molecular flexibility index (Phi) is 4.30. The number of amides is 1. The van der Waals surface area contributed by atoms with Crippen molar-refractivity contribution in [2.45, 2.75) is 6.92 Å². The van der Waals surface area contributed by atoms with Crippen molar-refractivity contribution in [2.24, 2.45) is 0 Å². The molecule has 132 valence electrons. The third-order valence-electron chi connectivity index (χ3n) is 4.39. The first-order valence-electron chi connectivity index (χ1n) is 8.62. The summed E-state index contributed by atoms with van der Waals surface area (Å²) >= 11 is 0. The van der Waals surface area contributed by atoms with Gasteiger partial charge in [0.05, 0.1) is 10.8 Å². The lowest BCUT2D eigenvalue weighted by atomic mass is 10.1. The summed E-state index contributed by atoms with van der Waals surface area (Å²) in [4.78, 5) is 24.8. The second kappa shape index (κ2) is 6.92. The minimum absolute atomic E-state index is 0.0724. The zero-order valence-corrected chi connectivity index (χ0v) is 14.7. The molecule has 4 heteroatoms. The molecule has 0 unspecified atom stereocenters. The van der Waals surface area contributed by atoms with Crippen LogP contribution in [-0.4, -0.2) is 5.91 Å². The molecule has 4 nitrogen and oxygen atoms in total. The quantitative estimate of drug-likeness (QED) is 0.420. The fourth-order valence-corrected chi connectivity index (χ4v) is 3.01. The maximum Gasteiger partial charge on any atom is 0.248 e. The van der Waals surface area contributed by atoms with Gasteiger partial charge in [-0.1, -0.05) is 42.5 Å². The van der Waals surface area contributed by atoms with Crippen LogP contribution < -0.4 is 10.7 Å². The number of aryl methyl sites for hydroxylation is 1. The maximum absolute atomic E-state index is 12.7. The Morgan fingerprint density at radius 1 is 0.963 bits per heavy atom. The number of carbonyl (C=O) groups excluding carboxylic acids is 1. The molecule has 0 bridgehead atoms. The number of anilines is 1. The number of hydrogen-bond donors (Lipinski definition) is 1. The van der Waals surface area contributed by atoms with Gasteiger partial charge in [0.15, 0.2) is 0 Å². The van der Waals surface area contributed by atoms with Crippen LogP contribution >= 0.6 is 0 Å². The fourth-order valence-electron chi connectivity index (χ4n) is 3.01. The van der Waals surface area contributed by atoms with Gasteiger partial charge in [0.1, 0.15) is 11.2 Å². The first-order valence-corrected chi connectivity index (χ1v) is 8.62. The molecule has 0 radical (unpaired) electrons. The first kappa shape index (κ1) is 16.8. The van der Waals surface area contributed by atoms with Gasteiger partial charge in [-0.15, -0.1) is 0 Å². The minimum atomic E-state index is -0.252. The van der Waals surface area contributed by atoms with E-state index in [1.165, 1.54) is 6.08 Å². The molecule has 3 aromatic carbocycles. The van der Waals surface area contributed by atoms with E-state index in [2.05, 4.69) is 5.32 Å². The number of carbonyl (C=O) groups is 1. The van der Waals surface area contributed by atoms with Gasteiger partial charge in [0.2, 0.25) is 11.3 Å². The lowest BCUT2D eigenvalue weighted by molar-refractivity contribution is -0.111. The Labute approximate surface area is 155 Å². The zero-order chi connectivity index (χ0) is 18.8. The molecular weight excluding hydrogens is 338 g/mol. The molecule has 27 heavy (non-hydrogen) atoms. The third kappa shape index (κ3) is 3.37. The van der Waals surface area contributed by atoms with Gasteiger partial charge in [0.25, 0.3) is 0 Å². The molecule has 1 amide bonds. The largest absolute Gasteiger partial charge is 0.455 e. The summed E-state index contributed by atoms with van der Waals surface area (Å²) in [5, 5.41) is 3.85. The second-order valence-electron chi connectivity index (χ2n) is 6.33. The van der Waals surface area contributed by atoms with E-state index in [1.54, 1.807) is 30.3 Å². The molecule has 1 N–H and O–H groups in total. The van der Waals surface area contributed by atoms with Crippen molar-refractivity contribution in [3.63, 3.8) is 0 Å². The highest BCUT2D eigenvalue weighted by Gasteiger charge is 2.10. The number of nitrogens with one attached hydrogen (secondary N) is 1. The van der Waals surface area contributed by atoms with Crippen LogP contribution in [0.1, 0.15) is 11.1 Å². The van der Waals surface area contributed by atoms with E-state index < -0.39 is 0 Å². The summed E-state index contributed by atoms with van der Waals surface area (Å²) in [7, 11) is 0. The van der Waals surface area contributed by atoms with Crippen molar-refractivity contribution in [2.75, 3.05) is 5.32 Å². The molecule has 0 aliphatic rings. The van der Waals surface area contributed by atoms with E-state index in [0.717, 1.165) is 11.1 Å². The van der Waals surface area contributed by atoms with Crippen molar-refractivity contribution in [3.8, 4) is 0 Å². The van der Waals surface area contributed by atoms with E-state index in [4.69, 9.17) is 4.42 Å². The summed E-state index contributed by atoms with van der Waals surface area (Å²) in [5.41, 5.74) is 3.36. The number of rotatable bonds is 3. The summed E-state index contributed by atoms with van der Waals surface area (Å²) in [6, 6.07) is 20.1. The van der Waals surface area contributed by atoms with Crippen molar-refractivity contribution >= 4 is 39.6 Å². The van der Waals surface area contributed by atoms with E-state index in [9.17, 15) is 9.59 Å². The van der Waals surface area contributed by atoms with Gasteiger partial charge in [0, 0.05) is 17.8 Å². The normalized spacial score (nSPS) is 11.3. The maximum atomic E-state index is 12.7. The summed E-state index contributed by atoms with van der Waals surface area (Å²) < 4.78 is 5.94. The predicted octanol–water partition coefficient (Wildman–Crippen LogP) is 4.91. The van der Waals surface area contributed by atoms with Gasteiger partial charge < -0.3 is 9.73 Å². The topological polar surface area (TPSA) is 59.3 Å². The van der Waals surface area contributed by atoms with Crippen molar-refractivity contribution in [3.05, 3.63) is 94.2 Å². The third-order valence-corrected chi connectivity index (χ3v) is 4.39. The molecule has 0 fully saturated rings. The molecule has 0 saturated carbocycles. The summed E-state index contributed by atoms with van der Waals surface area (Å²) in [6.45, 7) is 1.90. The van der Waals surface area contributed by atoms with Crippen LogP contribution in [0.25, 0.3) is 28.0 Å². The Balaban J connectivity index is 1.66. The van der Waals surface area contributed by atoms with Crippen LogP contribution in [-0.2, 0) is 4.79 Å². The molecule has 1 heterocycles. The smallest absolute Gasteiger partial charge is 0.248 e. The molecule has 4 rings (SSSR count). The van der Waals surface area contributed by atoms with Gasteiger partial charge in [-0.05, 0) is 42.3 Å². The fraction of sp³-hybridized carbons (Fsp3) is 0.0435. The Hall–Kier alpha value is -3.66. The number of hydrogen-bond acceptors (Lipinski definition) is 3.